The fraction of sp³-hybridized carbons (Fsp3) is 0.263. The molecule has 4 rings (SSSR count). The van der Waals surface area contributed by atoms with Gasteiger partial charge in [-0.2, -0.15) is 13.2 Å². The zero-order valence-corrected chi connectivity index (χ0v) is 16.8. The van der Waals surface area contributed by atoms with Crippen molar-refractivity contribution >= 4 is 39.2 Å². The quantitative estimate of drug-likeness (QED) is 0.667. The second kappa shape index (κ2) is 7.89. The molecule has 2 heterocycles. The average Bonchev–Trinajstić information content (AvgIpc) is 3.08. The molecule has 1 saturated heterocycles. The minimum Gasteiger partial charge on any atom is -0.355 e. The van der Waals surface area contributed by atoms with Gasteiger partial charge in [0.1, 0.15) is 5.82 Å². The van der Waals surface area contributed by atoms with Gasteiger partial charge in [0.05, 0.1) is 16.0 Å². The van der Waals surface area contributed by atoms with Crippen molar-refractivity contribution in [3.8, 4) is 0 Å². The first-order chi connectivity index (χ1) is 13.3. The standard InChI is InChI=1S/C19H18F3N3O2S.ClH/c20-19(21,22)15-5-3-6-16(13-15)28(26,27)25-17-7-2-1-4-14(17)12-18(25)24-10-8-23-9-11-24;/h1-7,12-13,23H,8-11H2;1H. The number of benzene rings is 2. The number of alkyl halides is 3. The molecule has 1 N–H and O–H groups in total. The van der Waals surface area contributed by atoms with Gasteiger partial charge in [-0.05, 0) is 30.3 Å². The van der Waals surface area contributed by atoms with Crippen molar-refractivity contribution in [3.05, 3.63) is 60.2 Å². The first-order valence-corrected chi connectivity index (χ1v) is 10.2. The zero-order valence-electron chi connectivity index (χ0n) is 15.2. The van der Waals surface area contributed by atoms with Gasteiger partial charge in [-0.3, -0.25) is 0 Å². The number of rotatable bonds is 3. The molecule has 0 spiro atoms. The Morgan fingerprint density at radius 3 is 2.31 bits per heavy atom. The number of para-hydroxylation sites is 1. The number of hydrogen-bond donors (Lipinski definition) is 1. The number of aromatic nitrogens is 1. The molecule has 1 aliphatic rings. The Morgan fingerprint density at radius 2 is 1.62 bits per heavy atom. The predicted octanol–water partition coefficient (Wildman–Crippen LogP) is 3.73. The second-order valence-corrected chi connectivity index (χ2v) is 8.38. The maximum Gasteiger partial charge on any atom is 0.416 e. The van der Waals surface area contributed by atoms with Crippen LogP contribution in [0.25, 0.3) is 10.9 Å². The lowest BCUT2D eigenvalue weighted by Gasteiger charge is -2.30. The summed E-state index contributed by atoms with van der Waals surface area (Å²) >= 11 is 0. The van der Waals surface area contributed by atoms with Gasteiger partial charge in [0.25, 0.3) is 10.0 Å². The summed E-state index contributed by atoms with van der Waals surface area (Å²) in [5, 5.41) is 3.92. The summed E-state index contributed by atoms with van der Waals surface area (Å²) in [6.45, 7) is 2.61. The van der Waals surface area contributed by atoms with Crippen molar-refractivity contribution in [1.29, 1.82) is 0 Å². The molecule has 3 aromatic rings. The number of nitrogens with zero attached hydrogens (tertiary/aromatic N) is 2. The van der Waals surface area contributed by atoms with Crippen LogP contribution in [0.15, 0.2) is 59.5 Å². The average molecular weight is 446 g/mol. The SMILES string of the molecule is Cl.O=S(=O)(c1cccc(C(F)(F)F)c1)n1c(N2CCNCC2)cc2ccccc21. The number of piperazine rings is 1. The summed E-state index contributed by atoms with van der Waals surface area (Å²) in [7, 11) is -4.23. The van der Waals surface area contributed by atoms with Gasteiger partial charge in [0.15, 0.2) is 0 Å². The Bertz CT molecular complexity index is 1120. The molecule has 0 saturated carbocycles. The highest BCUT2D eigenvalue weighted by Gasteiger charge is 2.33. The van der Waals surface area contributed by atoms with Crippen LogP contribution in [-0.2, 0) is 16.2 Å². The van der Waals surface area contributed by atoms with Crippen LogP contribution in [-0.4, -0.2) is 38.6 Å². The van der Waals surface area contributed by atoms with Gasteiger partial charge >= 0.3 is 6.18 Å². The molecule has 2 aromatic carbocycles. The molecule has 0 bridgehead atoms. The lowest BCUT2D eigenvalue weighted by atomic mass is 10.2. The third-order valence-electron chi connectivity index (χ3n) is 4.79. The van der Waals surface area contributed by atoms with Crippen molar-refractivity contribution in [1.82, 2.24) is 9.29 Å². The topological polar surface area (TPSA) is 54.3 Å². The summed E-state index contributed by atoms with van der Waals surface area (Å²) < 4.78 is 67.3. The summed E-state index contributed by atoms with van der Waals surface area (Å²) in [6.07, 6.45) is -4.62. The molecule has 0 amide bonds. The molecule has 1 aromatic heterocycles. The molecular weight excluding hydrogens is 427 g/mol. The molecule has 5 nitrogen and oxygen atoms in total. The fourth-order valence-corrected chi connectivity index (χ4v) is 5.00. The highest BCUT2D eigenvalue weighted by molar-refractivity contribution is 7.90. The third-order valence-corrected chi connectivity index (χ3v) is 6.50. The highest BCUT2D eigenvalue weighted by Crippen LogP contribution is 2.34. The van der Waals surface area contributed by atoms with E-state index in [0.29, 0.717) is 49.0 Å². The fourth-order valence-electron chi connectivity index (χ4n) is 3.42. The third kappa shape index (κ3) is 3.94. The number of nitrogens with one attached hydrogen (secondary N) is 1. The van der Waals surface area contributed by atoms with E-state index in [1.54, 1.807) is 30.3 Å². The number of fused-ring (bicyclic) bond motifs is 1. The monoisotopic (exact) mass is 445 g/mol. The molecular formula is C19H19ClF3N3O2S. The van der Waals surface area contributed by atoms with Crippen molar-refractivity contribution in [2.75, 3.05) is 31.1 Å². The Kier molecular flexibility index (Phi) is 5.84. The summed E-state index contributed by atoms with van der Waals surface area (Å²) in [5.74, 6) is 0.458. The van der Waals surface area contributed by atoms with Crippen LogP contribution in [0.5, 0.6) is 0 Å². The van der Waals surface area contributed by atoms with E-state index in [4.69, 9.17) is 0 Å². The molecule has 0 radical (unpaired) electrons. The van der Waals surface area contributed by atoms with E-state index in [-0.39, 0.29) is 17.3 Å². The van der Waals surface area contributed by atoms with Crippen LogP contribution in [0.4, 0.5) is 19.0 Å². The Hall–Kier alpha value is -2.23. The lowest BCUT2D eigenvalue weighted by Crippen LogP contribution is -2.44. The molecule has 0 unspecified atom stereocenters. The Balaban J connectivity index is 0.00000240. The van der Waals surface area contributed by atoms with E-state index in [1.807, 2.05) is 4.90 Å². The second-order valence-electron chi connectivity index (χ2n) is 6.59. The first kappa shape index (κ1) is 21.5. The molecule has 0 atom stereocenters. The van der Waals surface area contributed by atoms with Crippen LogP contribution >= 0.6 is 12.4 Å². The van der Waals surface area contributed by atoms with Crippen molar-refractivity contribution in [2.45, 2.75) is 11.1 Å². The van der Waals surface area contributed by atoms with E-state index in [9.17, 15) is 21.6 Å². The Morgan fingerprint density at radius 1 is 0.931 bits per heavy atom. The normalized spacial score (nSPS) is 15.3. The Labute approximate surface area is 172 Å². The number of anilines is 1. The summed E-state index contributed by atoms with van der Waals surface area (Å²) in [6, 6.07) is 12.6. The van der Waals surface area contributed by atoms with Crippen molar-refractivity contribution in [3.63, 3.8) is 0 Å². The molecule has 1 fully saturated rings. The largest absolute Gasteiger partial charge is 0.416 e. The smallest absolute Gasteiger partial charge is 0.355 e. The van der Waals surface area contributed by atoms with Gasteiger partial charge in [-0.25, -0.2) is 12.4 Å². The van der Waals surface area contributed by atoms with Gasteiger partial charge in [-0.15, -0.1) is 12.4 Å². The van der Waals surface area contributed by atoms with Crippen LogP contribution < -0.4 is 10.2 Å². The van der Waals surface area contributed by atoms with Crippen LogP contribution in [0.1, 0.15) is 5.56 Å². The maximum absolute atomic E-state index is 13.4. The van der Waals surface area contributed by atoms with Crippen LogP contribution in [0, 0.1) is 0 Å². The first-order valence-electron chi connectivity index (χ1n) is 8.77. The molecule has 1 aliphatic heterocycles. The molecule has 156 valence electrons. The van der Waals surface area contributed by atoms with E-state index < -0.39 is 21.8 Å². The van der Waals surface area contributed by atoms with E-state index in [1.165, 1.54) is 6.07 Å². The van der Waals surface area contributed by atoms with E-state index in [2.05, 4.69) is 5.32 Å². The van der Waals surface area contributed by atoms with Crippen LogP contribution in [0.2, 0.25) is 0 Å². The van der Waals surface area contributed by atoms with Gasteiger partial charge < -0.3 is 10.2 Å². The molecule has 10 heteroatoms. The maximum atomic E-state index is 13.4. The predicted molar refractivity (Wildman–Crippen MR) is 108 cm³/mol. The zero-order chi connectivity index (χ0) is 19.9. The number of halogens is 4. The lowest BCUT2D eigenvalue weighted by molar-refractivity contribution is -0.137. The highest BCUT2D eigenvalue weighted by atomic mass is 35.5. The molecule has 29 heavy (non-hydrogen) atoms. The van der Waals surface area contributed by atoms with E-state index in [0.717, 1.165) is 16.1 Å². The van der Waals surface area contributed by atoms with Gasteiger partial charge in [0, 0.05) is 31.6 Å². The van der Waals surface area contributed by atoms with E-state index >= 15 is 0 Å². The minimum atomic E-state index is -4.62. The summed E-state index contributed by atoms with van der Waals surface area (Å²) in [5.41, 5.74) is -0.554. The molecule has 0 aliphatic carbocycles. The van der Waals surface area contributed by atoms with Crippen LogP contribution in [0.3, 0.4) is 0 Å². The van der Waals surface area contributed by atoms with Crippen molar-refractivity contribution < 1.29 is 21.6 Å². The van der Waals surface area contributed by atoms with Gasteiger partial charge in [-0.1, -0.05) is 24.3 Å². The summed E-state index contributed by atoms with van der Waals surface area (Å²) in [4.78, 5) is 1.54. The minimum absolute atomic E-state index is 0. The van der Waals surface area contributed by atoms with Crippen molar-refractivity contribution in [2.24, 2.45) is 0 Å². The number of hydrogen-bond acceptors (Lipinski definition) is 4. The van der Waals surface area contributed by atoms with Gasteiger partial charge in [0.2, 0.25) is 0 Å².